The number of carbonyl (C=O) groups is 1. The lowest BCUT2D eigenvalue weighted by molar-refractivity contribution is -0.0143. The highest BCUT2D eigenvalue weighted by molar-refractivity contribution is 5.94. The van der Waals surface area contributed by atoms with Gasteiger partial charge >= 0.3 is 0 Å². The smallest absolute Gasteiger partial charge is 0.253 e. The first-order valence-corrected chi connectivity index (χ1v) is 6.77. The van der Waals surface area contributed by atoms with Crippen LogP contribution in [0.4, 0.5) is 0 Å². The Hall–Kier alpha value is -1.39. The van der Waals surface area contributed by atoms with E-state index in [0.717, 1.165) is 11.1 Å². The summed E-state index contributed by atoms with van der Waals surface area (Å²) in [7, 11) is 1.84. The molecule has 0 aliphatic carbocycles. The second kappa shape index (κ2) is 5.72. The number of rotatable bonds is 3. The van der Waals surface area contributed by atoms with E-state index >= 15 is 0 Å². The van der Waals surface area contributed by atoms with Crippen molar-refractivity contribution >= 4 is 5.91 Å². The molecule has 1 aliphatic rings. The van der Waals surface area contributed by atoms with E-state index < -0.39 is 5.60 Å². The van der Waals surface area contributed by atoms with Gasteiger partial charge < -0.3 is 15.3 Å². The van der Waals surface area contributed by atoms with Crippen molar-refractivity contribution in [1.29, 1.82) is 0 Å². The third-order valence-electron chi connectivity index (χ3n) is 3.75. The first-order valence-electron chi connectivity index (χ1n) is 6.77. The molecule has 1 aromatic rings. The van der Waals surface area contributed by atoms with Gasteiger partial charge in [0.1, 0.15) is 0 Å². The minimum absolute atomic E-state index is 0.0650. The van der Waals surface area contributed by atoms with E-state index in [1.807, 2.05) is 43.1 Å². The number of likely N-dealkylation sites (N-methyl/N-ethyl adjacent to an activating group) is 1. The summed E-state index contributed by atoms with van der Waals surface area (Å²) in [5.41, 5.74) is 1.16. The number of hydrogen-bond donors (Lipinski definition) is 2. The number of aliphatic hydroxyl groups is 1. The van der Waals surface area contributed by atoms with Crippen LogP contribution in [0.25, 0.3) is 0 Å². The fraction of sp³-hybridized carbons (Fsp3) is 0.533. The predicted octanol–water partition coefficient (Wildman–Crippen LogP) is 1.18. The Morgan fingerprint density at radius 3 is 2.68 bits per heavy atom. The highest BCUT2D eigenvalue weighted by Gasteiger charge is 2.33. The van der Waals surface area contributed by atoms with E-state index in [2.05, 4.69) is 5.32 Å². The van der Waals surface area contributed by atoms with Crippen LogP contribution in [-0.4, -0.2) is 48.2 Å². The summed E-state index contributed by atoms with van der Waals surface area (Å²) in [6.07, 6.45) is 1.26. The maximum atomic E-state index is 12.3. The molecule has 104 valence electrons. The highest BCUT2D eigenvalue weighted by Crippen LogP contribution is 2.22. The summed E-state index contributed by atoms with van der Waals surface area (Å²) >= 11 is 0. The van der Waals surface area contributed by atoms with E-state index in [1.54, 1.807) is 0 Å². The number of aryl methyl sites for hydroxylation is 1. The molecule has 1 aliphatic heterocycles. The maximum Gasteiger partial charge on any atom is 0.253 e. The molecule has 1 aromatic carbocycles. The number of carbonyl (C=O) groups excluding carboxylic acids is 1. The van der Waals surface area contributed by atoms with Gasteiger partial charge in [-0.2, -0.15) is 0 Å². The molecule has 1 amide bonds. The van der Waals surface area contributed by atoms with Crippen LogP contribution in [-0.2, 0) is 0 Å². The Bertz CT molecular complexity index is 451. The van der Waals surface area contributed by atoms with Crippen LogP contribution in [0.2, 0.25) is 0 Å². The molecule has 0 spiro atoms. The van der Waals surface area contributed by atoms with E-state index in [-0.39, 0.29) is 5.91 Å². The number of benzene rings is 1. The largest absolute Gasteiger partial charge is 0.388 e. The van der Waals surface area contributed by atoms with Gasteiger partial charge in [-0.15, -0.1) is 0 Å². The van der Waals surface area contributed by atoms with Gasteiger partial charge in [-0.1, -0.05) is 17.7 Å². The molecule has 1 saturated heterocycles. The van der Waals surface area contributed by atoms with Gasteiger partial charge in [-0.25, -0.2) is 0 Å². The van der Waals surface area contributed by atoms with E-state index in [1.165, 1.54) is 0 Å². The molecular formula is C15H22N2O2. The quantitative estimate of drug-likeness (QED) is 0.860. The molecule has 2 rings (SSSR count). The number of nitrogens with zero attached hydrogens (tertiary/aromatic N) is 1. The highest BCUT2D eigenvalue weighted by atomic mass is 16.3. The van der Waals surface area contributed by atoms with Crippen molar-refractivity contribution in [1.82, 2.24) is 10.2 Å². The molecule has 0 bridgehead atoms. The second-order valence-corrected chi connectivity index (χ2v) is 5.42. The van der Waals surface area contributed by atoms with Crippen molar-refractivity contribution in [2.45, 2.75) is 25.4 Å². The van der Waals surface area contributed by atoms with Crippen molar-refractivity contribution in [3.8, 4) is 0 Å². The number of amides is 1. The summed E-state index contributed by atoms with van der Waals surface area (Å²) in [5.74, 6) is 0.0650. The standard InChI is InChI=1S/C15H22N2O2/c1-12-4-3-5-13(10-12)14(18)17-8-6-15(19,7-9-17)11-16-2/h3-5,10,16,19H,6-9,11H2,1-2H3. The summed E-state index contributed by atoms with van der Waals surface area (Å²) < 4.78 is 0. The summed E-state index contributed by atoms with van der Waals surface area (Å²) in [6.45, 7) is 3.80. The molecule has 0 radical (unpaired) electrons. The molecule has 2 N–H and O–H groups in total. The zero-order valence-electron chi connectivity index (χ0n) is 11.6. The van der Waals surface area contributed by atoms with Crippen LogP contribution in [0, 0.1) is 6.92 Å². The predicted molar refractivity (Wildman–Crippen MR) is 75.2 cm³/mol. The third kappa shape index (κ3) is 3.33. The number of hydrogen-bond acceptors (Lipinski definition) is 3. The molecule has 0 unspecified atom stereocenters. The van der Waals surface area contributed by atoms with Gasteiger partial charge in [0.05, 0.1) is 5.60 Å². The lowest BCUT2D eigenvalue weighted by atomic mass is 9.91. The van der Waals surface area contributed by atoms with Gasteiger partial charge in [-0.3, -0.25) is 4.79 Å². The van der Waals surface area contributed by atoms with Gasteiger partial charge in [0.2, 0.25) is 0 Å². The molecule has 1 heterocycles. The molecule has 0 aromatic heterocycles. The van der Waals surface area contributed by atoms with Crippen molar-refractivity contribution < 1.29 is 9.90 Å². The minimum Gasteiger partial charge on any atom is -0.388 e. The summed E-state index contributed by atoms with van der Waals surface area (Å²) in [6, 6.07) is 7.66. The van der Waals surface area contributed by atoms with Gasteiger partial charge in [0.25, 0.3) is 5.91 Å². The first kappa shape index (κ1) is 14.0. The van der Waals surface area contributed by atoms with Gasteiger partial charge in [-0.05, 0) is 38.9 Å². The Morgan fingerprint density at radius 2 is 2.11 bits per heavy atom. The zero-order chi connectivity index (χ0) is 13.9. The SMILES string of the molecule is CNCC1(O)CCN(C(=O)c2cccc(C)c2)CC1. The summed E-state index contributed by atoms with van der Waals surface area (Å²) in [5, 5.41) is 13.3. The normalized spacial score (nSPS) is 18.4. The Kier molecular flexibility index (Phi) is 4.22. The zero-order valence-corrected chi connectivity index (χ0v) is 11.6. The molecule has 4 heteroatoms. The fourth-order valence-corrected chi connectivity index (χ4v) is 2.59. The lowest BCUT2D eigenvalue weighted by Gasteiger charge is -2.38. The van der Waals surface area contributed by atoms with Crippen molar-refractivity contribution in [3.63, 3.8) is 0 Å². The van der Waals surface area contributed by atoms with Crippen LogP contribution in [0.15, 0.2) is 24.3 Å². The molecule has 1 fully saturated rings. The Morgan fingerprint density at radius 1 is 1.42 bits per heavy atom. The first-order chi connectivity index (χ1) is 9.04. The lowest BCUT2D eigenvalue weighted by Crippen LogP contribution is -2.50. The Labute approximate surface area is 114 Å². The molecule has 4 nitrogen and oxygen atoms in total. The average Bonchev–Trinajstić information content (AvgIpc) is 2.39. The van der Waals surface area contributed by atoms with E-state index in [4.69, 9.17) is 0 Å². The van der Waals surface area contributed by atoms with Crippen LogP contribution in [0.1, 0.15) is 28.8 Å². The summed E-state index contributed by atoms with van der Waals surface area (Å²) in [4.78, 5) is 14.2. The van der Waals surface area contributed by atoms with Gasteiger partial charge in [0, 0.05) is 25.2 Å². The van der Waals surface area contributed by atoms with Crippen LogP contribution >= 0.6 is 0 Å². The minimum atomic E-state index is -0.669. The molecule has 19 heavy (non-hydrogen) atoms. The molecular weight excluding hydrogens is 240 g/mol. The van der Waals surface area contributed by atoms with Crippen LogP contribution in [0.5, 0.6) is 0 Å². The number of nitrogens with one attached hydrogen (secondary N) is 1. The monoisotopic (exact) mass is 262 g/mol. The van der Waals surface area contributed by atoms with Gasteiger partial charge in [0.15, 0.2) is 0 Å². The van der Waals surface area contributed by atoms with Crippen molar-refractivity contribution in [2.24, 2.45) is 0 Å². The number of piperidine rings is 1. The van der Waals surface area contributed by atoms with Crippen molar-refractivity contribution in [2.75, 3.05) is 26.7 Å². The van der Waals surface area contributed by atoms with Crippen LogP contribution in [0.3, 0.4) is 0 Å². The van der Waals surface area contributed by atoms with E-state index in [0.29, 0.717) is 32.5 Å². The molecule has 0 saturated carbocycles. The van der Waals surface area contributed by atoms with Crippen LogP contribution < -0.4 is 5.32 Å². The number of likely N-dealkylation sites (tertiary alicyclic amines) is 1. The topological polar surface area (TPSA) is 52.6 Å². The third-order valence-corrected chi connectivity index (χ3v) is 3.75. The Balaban J connectivity index is 2.00. The fourth-order valence-electron chi connectivity index (χ4n) is 2.59. The van der Waals surface area contributed by atoms with E-state index in [9.17, 15) is 9.90 Å². The average molecular weight is 262 g/mol. The van der Waals surface area contributed by atoms with Crippen molar-refractivity contribution in [3.05, 3.63) is 35.4 Å². The second-order valence-electron chi connectivity index (χ2n) is 5.42. The maximum absolute atomic E-state index is 12.3. The molecule has 0 atom stereocenters.